The third-order valence-corrected chi connectivity index (χ3v) is 15.3. The van der Waals surface area contributed by atoms with Crippen molar-refractivity contribution in [3.05, 3.63) is 250 Å². The Morgan fingerprint density at radius 3 is 1.64 bits per heavy atom. The van der Waals surface area contributed by atoms with Crippen LogP contribution in [0.1, 0.15) is 79.1 Å². The molecule has 77 heavy (non-hydrogen) atoms. The molecule has 2 aliphatic rings. The average Bonchev–Trinajstić information content (AvgIpc) is 3.40. The summed E-state index contributed by atoms with van der Waals surface area (Å²) in [5.41, 5.74) is 15.0. The molecular formula is C65H70N4O6S2. The molecule has 6 aromatic rings. The normalized spacial score (nSPS) is 13.3. The second-order valence-corrected chi connectivity index (χ2v) is 23.4. The minimum absolute atomic E-state index is 0.277. The first-order valence-corrected chi connectivity index (χ1v) is 28.6. The minimum atomic E-state index is -4.87. The Morgan fingerprint density at radius 2 is 1.10 bits per heavy atom. The Morgan fingerprint density at radius 1 is 0.558 bits per heavy atom. The quantitative estimate of drug-likeness (QED) is 0.0779. The van der Waals surface area contributed by atoms with Crippen molar-refractivity contribution in [3.8, 4) is 0 Å². The van der Waals surface area contributed by atoms with Crippen molar-refractivity contribution in [2.24, 2.45) is 0 Å². The maximum Gasteiger partial charge on any atom is 0.200 e. The molecule has 398 valence electrons. The van der Waals surface area contributed by atoms with Crippen molar-refractivity contribution in [1.29, 1.82) is 0 Å². The number of allylic oxidation sites excluding steroid dienone is 10. The Kier molecular flexibility index (Phi) is 18.3. The van der Waals surface area contributed by atoms with Gasteiger partial charge in [0.05, 0.1) is 9.79 Å². The molecule has 0 aromatic heterocycles. The van der Waals surface area contributed by atoms with Crippen LogP contribution < -0.4 is 9.80 Å². The van der Waals surface area contributed by atoms with Crippen LogP contribution in [0.3, 0.4) is 0 Å². The van der Waals surface area contributed by atoms with Gasteiger partial charge in [-0.3, -0.25) is 0 Å². The summed E-state index contributed by atoms with van der Waals surface area (Å²) in [6.07, 6.45) is 16.7. The van der Waals surface area contributed by atoms with E-state index in [0.717, 1.165) is 35.6 Å². The van der Waals surface area contributed by atoms with E-state index in [2.05, 4.69) is 159 Å². The summed E-state index contributed by atoms with van der Waals surface area (Å²) < 4.78 is 77.9. The first kappa shape index (κ1) is 57.2. The van der Waals surface area contributed by atoms with Crippen LogP contribution in [0.25, 0.3) is 11.1 Å². The highest BCUT2D eigenvalue weighted by Gasteiger charge is 2.24. The van der Waals surface area contributed by atoms with Crippen LogP contribution >= 0.6 is 0 Å². The molecule has 0 spiro atoms. The van der Waals surface area contributed by atoms with Crippen LogP contribution in [0.4, 0.5) is 11.4 Å². The number of benzene rings is 6. The summed E-state index contributed by atoms with van der Waals surface area (Å²) in [5, 5.41) is 0. The number of anilines is 2. The van der Waals surface area contributed by atoms with Crippen molar-refractivity contribution < 1.29 is 35.1 Å². The molecule has 8 rings (SSSR count). The van der Waals surface area contributed by atoms with E-state index in [4.69, 9.17) is 0 Å². The predicted octanol–water partition coefficient (Wildman–Crippen LogP) is 12.1. The number of nitrogens with zero attached hydrogens (tertiary/aromatic N) is 4. The fraction of sp³-hybridized carbons (Fsp3) is 0.231. The highest BCUT2D eigenvalue weighted by atomic mass is 32.2. The molecule has 0 bridgehead atoms. The Balaban J connectivity index is 0.000000286. The lowest BCUT2D eigenvalue weighted by Gasteiger charge is -2.25. The first-order chi connectivity index (χ1) is 36.5. The predicted molar refractivity (Wildman–Crippen MR) is 314 cm³/mol. The average molecular weight is 1070 g/mol. The lowest BCUT2D eigenvalue weighted by Crippen LogP contribution is -2.22. The van der Waals surface area contributed by atoms with Gasteiger partial charge in [-0.1, -0.05) is 123 Å². The molecule has 0 unspecified atom stereocenters. The van der Waals surface area contributed by atoms with E-state index in [9.17, 15) is 25.9 Å². The van der Waals surface area contributed by atoms with Crippen LogP contribution in [0.5, 0.6) is 0 Å². The summed E-state index contributed by atoms with van der Waals surface area (Å²) >= 11 is 0. The van der Waals surface area contributed by atoms with E-state index in [1.807, 2.05) is 87.2 Å². The fourth-order valence-electron chi connectivity index (χ4n) is 9.34. The SMILES string of the molecule is CCN(Cc1cccc(S(=O)(=O)[O-])c1)c1ccc(C(=C2C=CC(=[N+](CC)Cc3cccc(C)c3)C=C2)c2ccc(C(C)(C)C)cc2S(=O)(=O)[O-])cc1.CN(C)c1ccc(C(=C2C=CC(=[N+](C)C)C=C2)c2ccccc2)cc1. The van der Waals surface area contributed by atoms with Gasteiger partial charge in [-0.15, -0.1) is 0 Å². The van der Waals surface area contributed by atoms with E-state index in [1.165, 1.54) is 63.0 Å². The summed E-state index contributed by atoms with van der Waals surface area (Å²) in [4.78, 5) is 3.60. The number of hydrogen-bond acceptors (Lipinski definition) is 8. The zero-order valence-corrected chi connectivity index (χ0v) is 47.5. The lowest BCUT2D eigenvalue weighted by atomic mass is 9.84. The van der Waals surface area contributed by atoms with Crippen molar-refractivity contribution in [1.82, 2.24) is 0 Å². The van der Waals surface area contributed by atoms with Gasteiger partial charge in [-0.25, -0.2) is 26.0 Å². The van der Waals surface area contributed by atoms with Gasteiger partial charge in [0, 0.05) is 74.0 Å². The van der Waals surface area contributed by atoms with Gasteiger partial charge in [0.2, 0.25) is 0 Å². The molecule has 10 nitrogen and oxygen atoms in total. The topological polar surface area (TPSA) is 127 Å². The molecule has 0 atom stereocenters. The maximum atomic E-state index is 12.9. The molecule has 0 heterocycles. The second-order valence-electron chi connectivity index (χ2n) is 20.6. The zero-order valence-electron chi connectivity index (χ0n) is 45.9. The molecule has 0 N–H and O–H groups in total. The van der Waals surface area contributed by atoms with Crippen LogP contribution in [-0.2, 0) is 38.7 Å². The van der Waals surface area contributed by atoms with Gasteiger partial charge in [0.15, 0.2) is 18.0 Å². The van der Waals surface area contributed by atoms with E-state index >= 15 is 0 Å². The lowest BCUT2D eigenvalue weighted by molar-refractivity contribution is -0.539. The van der Waals surface area contributed by atoms with Crippen LogP contribution in [0, 0.1) is 6.92 Å². The van der Waals surface area contributed by atoms with Crippen LogP contribution in [0.2, 0.25) is 0 Å². The Labute approximate surface area is 457 Å². The molecule has 0 amide bonds. The zero-order chi connectivity index (χ0) is 55.7. The van der Waals surface area contributed by atoms with Gasteiger partial charge in [-0.2, -0.15) is 0 Å². The van der Waals surface area contributed by atoms with Gasteiger partial charge in [0.1, 0.15) is 40.9 Å². The van der Waals surface area contributed by atoms with E-state index in [1.54, 1.807) is 18.2 Å². The largest absolute Gasteiger partial charge is 0.744 e. The smallest absolute Gasteiger partial charge is 0.200 e. The molecule has 0 saturated carbocycles. The summed E-state index contributed by atoms with van der Waals surface area (Å²) in [6.45, 7) is 14.5. The number of aryl methyl sites for hydroxylation is 1. The van der Waals surface area contributed by atoms with Crippen molar-refractivity contribution in [2.45, 2.75) is 69.8 Å². The van der Waals surface area contributed by atoms with Crippen LogP contribution in [0.15, 0.2) is 215 Å². The maximum absolute atomic E-state index is 12.9. The van der Waals surface area contributed by atoms with Crippen molar-refractivity contribution in [2.75, 3.05) is 51.1 Å². The van der Waals surface area contributed by atoms with Gasteiger partial charge >= 0.3 is 0 Å². The number of rotatable bonds is 14. The molecule has 12 heteroatoms. The van der Waals surface area contributed by atoms with Gasteiger partial charge in [0.25, 0.3) is 0 Å². The Hall–Kier alpha value is -7.48. The minimum Gasteiger partial charge on any atom is -0.744 e. The summed E-state index contributed by atoms with van der Waals surface area (Å²) in [5.74, 6) is 0. The van der Waals surface area contributed by atoms with E-state index in [-0.39, 0.29) is 15.2 Å². The fourth-order valence-corrected chi connectivity index (χ4v) is 10.6. The Bertz CT molecular complexity index is 3570. The van der Waals surface area contributed by atoms with Crippen molar-refractivity contribution >= 4 is 54.2 Å². The third kappa shape index (κ3) is 14.7. The molecule has 0 radical (unpaired) electrons. The number of hydrogen-bond donors (Lipinski definition) is 0. The van der Waals surface area contributed by atoms with Crippen molar-refractivity contribution in [3.63, 3.8) is 0 Å². The third-order valence-electron chi connectivity index (χ3n) is 13.6. The molecule has 6 aromatic carbocycles. The van der Waals surface area contributed by atoms with Crippen LogP contribution in [-0.4, -0.2) is 87.8 Å². The standard InChI is InChI=1S/C42H46N2O6S2.C23H25N2/c1-7-43(28-31-12-9-11-30(3)25-31)36-20-15-33(16-21-36)41(39-24-19-35(42(4,5)6)27-40(39)52(48,49)50)34-17-22-37(23-18-34)44(8-2)29-32-13-10-14-38(26-32)51(45,46)47;1-24(2)21-14-10-19(11-15-21)23(18-8-6-5-7-9-18)20-12-16-22(17-13-20)25(3)4/h9-27H,7-8,28-29H2,1-6H3,(H-,45,46,47,48,49,50);5-17H,1-4H3/q;+1/p-1. The van der Waals surface area contributed by atoms with E-state index in [0.29, 0.717) is 35.4 Å². The summed E-state index contributed by atoms with van der Waals surface area (Å²) in [6, 6.07) is 46.5. The van der Waals surface area contributed by atoms with Gasteiger partial charge < -0.3 is 18.9 Å². The summed E-state index contributed by atoms with van der Waals surface area (Å²) in [7, 11) is -1.19. The molecule has 0 saturated heterocycles. The van der Waals surface area contributed by atoms with E-state index < -0.39 is 20.2 Å². The highest BCUT2D eigenvalue weighted by molar-refractivity contribution is 7.86. The molecule has 2 aliphatic carbocycles. The molecule has 0 aliphatic heterocycles. The monoisotopic (exact) mass is 1070 g/mol. The first-order valence-electron chi connectivity index (χ1n) is 25.8. The second kappa shape index (κ2) is 24.7. The van der Waals surface area contributed by atoms with Gasteiger partial charge in [-0.05, 0) is 149 Å². The molecule has 0 fully saturated rings. The highest BCUT2D eigenvalue weighted by Crippen LogP contribution is 2.38. The molecular weight excluding hydrogens is 997 g/mol.